The molecule has 5 aromatic rings. The standard InChI is InChI=1S/C32H32Cl2N6O/c1-38(2)40-16-14-25(15-17-40)36-32(41)30-28(26-13-12-24(34)18-27(26)37-30)31-29(22-6-4-3-5-7-22)35-20-39(31)19-21-8-10-23(33)11-9-21/h3-13,18,20,25,37H,14-17,19H2,1-2H3,(H,36,41). The number of H-pyrrole nitrogens is 1. The van der Waals surface area contributed by atoms with E-state index in [2.05, 4.69) is 39.0 Å². The summed E-state index contributed by atoms with van der Waals surface area (Å²) in [4.78, 5) is 22.3. The number of nitrogens with zero attached hydrogens (tertiary/aromatic N) is 4. The van der Waals surface area contributed by atoms with E-state index in [0.29, 0.717) is 22.3 Å². The second-order valence-electron chi connectivity index (χ2n) is 10.7. The molecule has 2 aromatic heterocycles. The number of benzene rings is 3. The van der Waals surface area contributed by atoms with E-state index in [0.717, 1.165) is 64.9 Å². The van der Waals surface area contributed by atoms with Crippen molar-refractivity contribution in [3.63, 3.8) is 0 Å². The maximum atomic E-state index is 14.0. The zero-order chi connectivity index (χ0) is 28.5. The second-order valence-corrected chi connectivity index (χ2v) is 11.5. The average molecular weight is 588 g/mol. The van der Waals surface area contributed by atoms with Gasteiger partial charge in [-0.3, -0.25) is 4.79 Å². The Labute approximate surface area is 249 Å². The highest BCUT2D eigenvalue weighted by Gasteiger charge is 2.28. The number of rotatable bonds is 7. The lowest BCUT2D eigenvalue weighted by Gasteiger charge is -2.36. The van der Waals surface area contributed by atoms with Crippen molar-refractivity contribution in [1.29, 1.82) is 0 Å². The second kappa shape index (κ2) is 11.7. The molecule has 0 spiro atoms. The van der Waals surface area contributed by atoms with E-state index >= 15 is 0 Å². The summed E-state index contributed by atoms with van der Waals surface area (Å²) >= 11 is 12.6. The van der Waals surface area contributed by atoms with Gasteiger partial charge in [-0.15, -0.1) is 0 Å². The fourth-order valence-corrected chi connectivity index (χ4v) is 5.91. The van der Waals surface area contributed by atoms with Crippen molar-refractivity contribution in [3.8, 4) is 22.5 Å². The smallest absolute Gasteiger partial charge is 0.268 e. The molecular formula is C32H32Cl2N6O. The third-order valence-electron chi connectivity index (χ3n) is 7.75. The monoisotopic (exact) mass is 586 g/mol. The molecule has 9 heteroatoms. The molecule has 0 radical (unpaired) electrons. The average Bonchev–Trinajstić information content (AvgIpc) is 3.55. The topological polar surface area (TPSA) is 69.2 Å². The summed E-state index contributed by atoms with van der Waals surface area (Å²) in [6.45, 7) is 2.37. The Hall–Kier alpha value is -3.62. The van der Waals surface area contributed by atoms with Crippen LogP contribution < -0.4 is 5.32 Å². The number of amides is 1. The van der Waals surface area contributed by atoms with Gasteiger partial charge in [0.2, 0.25) is 0 Å². The van der Waals surface area contributed by atoms with Gasteiger partial charge in [0.05, 0.1) is 17.7 Å². The quantitative estimate of drug-likeness (QED) is 0.222. The van der Waals surface area contributed by atoms with Gasteiger partial charge in [-0.25, -0.2) is 15.0 Å². The number of nitrogens with one attached hydrogen (secondary N) is 2. The van der Waals surface area contributed by atoms with Gasteiger partial charge in [-0.1, -0.05) is 71.7 Å². The number of hydrogen-bond acceptors (Lipinski definition) is 4. The first-order valence-electron chi connectivity index (χ1n) is 13.8. The molecule has 1 saturated heterocycles. The first-order valence-corrected chi connectivity index (χ1v) is 14.5. The molecule has 210 valence electrons. The summed E-state index contributed by atoms with van der Waals surface area (Å²) in [5, 5.41) is 9.93. The van der Waals surface area contributed by atoms with E-state index in [-0.39, 0.29) is 11.9 Å². The number of hydrogen-bond donors (Lipinski definition) is 2. The van der Waals surface area contributed by atoms with Gasteiger partial charge in [0.25, 0.3) is 5.91 Å². The third kappa shape index (κ3) is 5.76. The van der Waals surface area contributed by atoms with E-state index in [1.54, 1.807) is 0 Å². The number of imidazole rings is 1. The van der Waals surface area contributed by atoms with Crippen molar-refractivity contribution in [2.75, 3.05) is 27.2 Å². The highest BCUT2D eigenvalue weighted by atomic mass is 35.5. The lowest BCUT2D eigenvalue weighted by Crippen LogP contribution is -2.48. The highest BCUT2D eigenvalue weighted by Crippen LogP contribution is 2.39. The number of hydrazine groups is 1. The van der Waals surface area contributed by atoms with Crippen LogP contribution in [0.25, 0.3) is 33.4 Å². The molecule has 0 aliphatic carbocycles. The molecule has 7 nitrogen and oxygen atoms in total. The number of carbonyl (C=O) groups is 1. The molecule has 41 heavy (non-hydrogen) atoms. The van der Waals surface area contributed by atoms with Crippen molar-refractivity contribution in [1.82, 2.24) is 29.9 Å². The molecule has 1 aliphatic rings. The number of aromatic nitrogens is 3. The molecule has 2 N–H and O–H groups in total. The van der Waals surface area contributed by atoms with Gasteiger partial charge in [-0.2, -0.15) is 0 Å². The Bertz CT molecular complexity index is 1670. The van der Waals surface area contributed by atoms with E-state index in [1.165, 1.54) is 0 Å². The lowest BCUT2D eigenvalue weighted by molar-refractivity contribution is -0.0000941. The first kappa shape index (κ1) is 27.5. The number of fused-ring (bicyclic) bond motifs is 1. The van der Waals surface area contributed by atoms with Gasteiger partial charge < -0.3 is 14.9 Å². The molecule has 0 saturated carbocycles. The molecule has 0 unspecified atom stereocenters. The van der Waals surface area contributed by atoms with Gasteiger partial charge in [-0.05, 0) is 42.7 Å². The maximum Gasteiger partial charge on any atom is 0.268 e. The fraction of sp³-hybridized carbons (Fsp3) is 0.250. The van der Waals surface area contributed by atoms with E-state index in [4.69, 9.17) is 28.2 Å². The van der Waals surface area contributed by atoms with Crippen LogP contribution in [0.2, 0.25) is 10.0 Å². The van der Waals surface area contributed by atoms with E-state index < -0.39 is 0 Å². The summed E-state index contributed by atoms with van der Waals surface area (Å²) in [6, 6.07) is 23.7. The van der Waals surface area contributed by atoms with Crippen LogP contribution in [0.15, 0.2) is 79.1 Å². The molecule has 3 heterocycles. The summed E-state index contributed by atoms with van der Waals surface area (Å²) in [5.74, 6) is -0.131. The van der Waals surface area contributed by atoms with Gasteiger partial charge in [0, 0.05) is 71.8 Å². The number of aromatic amines is 1. The SMILES string of the molecule is CN(C)N1CCC(NC(=O)c2[nH]c3cc(Cl)ccc3c2-c2c(-c3ccccc3)ncn2Cc2ccc(Cl)cc2)CC1. The Morgan fingerprint density at radius 3 is 2.41 bits per heavy atom. The number of halogens is 2. The summed E-state index contributed by atoms with van der Waals surface area (Å²) in [5.41, 5.74) is 5.85. The number of piperidine rings is 1. The van der Waals surface area contributed by atoms with Crippen molar-refractivity contribution < 1.29 is 4.79 Å². The Morgan fingerprint density at radius 1 is 1.00 bits per heavy atom. The molecule has 0 atom stereocenters. The molecular weight excluding hydrogens is 555 g/mol. The molecule has 0 bridgehead atoms. The molecule has 3 aromatic carbocycles. The largest absolute Gasteiger partial charge is 0.350 e. The van der Waals surface area contributed by atoms with Crippen LogP contribution in [-0.4, -0.2) is 63.7 Å². The zero-order valence-corrected chi connectivity index (χ0v) is 24.6. The van der Waals surface area contributed by atoms with E-state index in [1.807, 2.05) is 79.1 Å². The minimum Gasteiger partial charge on any atom is -0.350 e. The van der Waals surface area contributed by atoms with Crippen molar-refractivity contribution in [2.45, 2.75) is 25.4 Å². The van der Waals surface area contributed by atoms with Crippen LogP contribution in [0.3, 0.4) is 0 Å². The minimum absolute atomic E-state index is 0.0918. The Morgan fingerprint density at radius 2 is 1.71 bits per heavy atom. The fourth-order valence-electron chi connectivity index (χ4n) is 5.61. The van der Waals surface area contributed by atoms with Crippen LogP contribution >= 0.6 is 23.2 Å². The van der Waals surface area contributed by atoms with Gasteiger partial charge in [0.1, 0.15) is 5.69 Å². The van der Waals surface area contributed by atoms with Crippen LogP contribution in [-0.2, 0) is 6.54 Å². The highest BCUT2D eigenvalue weighted by molar-refractivity contribution is 6.31. The lowest BCUT2D eigenvalue weighted by atomic mass is 10.00. The predicted octanol–water partition coefficient (Wildman–Crippen LogP) is 6.72. The van der Waals surface area contributed by atoms with Crippen LogP contribution in [0.5, 0.6) is 0 Å². The summed E-state index contributed by atoms with van der Waals surface area (Å²) in [7, 11) is 4.11. The minimum atomic E-state index is -0.131. The van der Waals surface area contributed by atoms with E-state index in [9.17, 15) is 4.79 Å². The molecule has 1 fully saturated rings. The van der Waals surface area contributed by atoms with Crippen molar-refractivity contribution in [3.05, 3.63) is 100 Å². The van der Waals surface area contributed by atoms with Gasteiger partial charge in [0.15, 0.2) is 0 Å². The Balaban J connectivity index is 1.46. The molecule has 1 aliphatic heterocycles. The maximum absolute atomic E-state index is 14.0. The van der Waals surface area contributed by atoms with Crippen LogP contribution in [0, 0.1) is 0 Å². The van der Waals surface area contributed by atoms with Crippen LogP contribution in [0.1, 0.15) is 28.9 Å². The molecule has 6 rings (SSSR count). The summed E-state index contributed by atoms with van der Waals surface area (Å²) in [6.07, 6.45) is 3.61. The third-order valence-corrected chi connectivity index (χ3v) is 8.23. The summed E-state index contributed by atoms with van der Waals surface area (Å²) < 4.78 is 2.11. The number of carbonyl (C=O) groups excluding carboxylic acids is 1. The van der Waals surface area contributed by atoms with Crippen LogP contribution in [0.4, 0.5) is 0 Å². The Kier molecular flexibility index (Phi) is 7.86. The normalized spacial score (nSPS) is 14.7. The van der Waals surface area contributed by atoms with Crippen molar-refractivity contribution >= 4 is 40.0 Å². The van der Waals surface area contributed by atoms with Gasteiger partial charge >= 0.3 is 0 Å². The zero-order valence-electron chi connectivity index (χ0n) is 23.1. The first-order chi connectivity index (χ1) is 19.9. The van der Waals surface area contributed by atoms with Crippen molar-refractivity contribution in [2.24, 2.45) is 0 Å². The predicted molar refractivity (Wildman–Crippen MR) is 166 cm³/mol. The molecule has 1 amide bonds.